The van der Waals surface area contributed by atoms with Gasteiger partial charge in [0, 0.05) is 24.7 Å². The van der Waals surface area contributed by atoms with Gasteiger partial charge >= 0.3 is 0 Å². The first-order chi connectivity index (χ1) is 11.3. The SMILES string of the molecule is CCN(C(=O)C1=C(c2ccccc2)CCNC1)C1CCCCC1. The quantitative estimate of drug-likeness (QED) is 0.921. The maximum atomic E-state index is 13.2. The third kappa shape index (κ3) is 3.66. The average Bonchev–Trinajstić information content (AvgIpc) is 2.64. The molecule has 1 aromatic rings. The largest absolute Gasteiger partial charge is 0.336 e. The first-order valence-electron chi connectivity index (χ1n) is 9.10. The molecule has 1 fully saturated rings. The van der Waals surface area contributed by atoms with Crippen LogP contribution in [0, 0.1) is 0 Å². The van der Waals surface area contributed by atoms with Crippen molar-refractivity contribution >= 4 is 11.5 Å². The molecule has 0 aromatic heterocycles. The number of carbonyl (C=O) groups excluding carboxylic acids is 1. The van der Waals surface area contributed by atoms with E-state index < -0.39 is 0 Å². The van der Waals surface area contributed by atoms with E-state index in [0.29, 0.717) is 12.6 Å². The molecule has 0 atom stereocenters. The van der Waals surface area contributed by atoms with E-state index in [0.717, 1.165) is 25.1 Å². The molecular formula is C20H28N2O. The summed E-state index contributed by atoms with van der Waals surface area (Å²) in [5.41, 5.74) is 3.43. The van der Waals surface area contributed by atoms with E-state index in [1.54, 1.807) is 0 Å². The highest BCUT2D eigenvalue weighted by atomic mass is 16.2. The Bertz CT molecular complexity index is 558. The van der Waals surface area contributed by atoms with Gasteiger partial charge in [-0.25, -0.2) is 0 Å². The Morgan fingerprint density at radius 2 is 1.91 bits per heavy atom. The third-order valence-electron chi connectivity index (χ3n) is 5.22. The Balaban J connectivity index is 1.89. The summed E-state index contributed by atoms with van der Waals surface area (Å²) >= 11 is 0. The molecule has 2 aliphatic rings. The Kier molecular flexibility index (Phi) is 5.50. The van der Waals surface area contributed by atoms with E-state index >= 15 is 0 Å². The highest BCUT2D eigenvalue weighted by Crippen LogP contribution is 2.28. The molecule has 1 aromatic carbocycles. The molecule has 1 aliphatic heterocycles. The molecule has 1 saturated carbocycles. The van der Waals surface area contributed by atoms with Crippen molar-refractivity contribution in [2.45, 2.75) is 51.5 Å². The first kappa shape index (κ1) is 16.3. The molecule has 0 spiro atoms. The molecule has 0 radical (unpaired) electrons. The van der Waals surface area contributed by atoms with Crippen molar-refractivity contribution in [2.24, 2.45) is 0 Å². The van der Waals surface area contributed by atoms with Crippen molar-refractivity contribution in [2.75, 3.05) is 19.6 Å². The predicted molar refractivity (Wildman–Crippen MR) is 95.1 cm³/mol. The highest BCUT2D eigenvalue weighted by Gasteiger charge is 2.29. The molecule has 3 rings (SSSR count). The Labute approximate surface area is 139 Å². The molecule has 0 bridgehead atoms. The van der Waals surface area contributed by atoms with Gasteiger partial charge in [0.25, 0.3) is 5.91 Å². The van der Waals surface area contributed by atoms with Gasteiger partial charge in [0.1, 0.15) is 0 Å². The van der Waals surface area contributed by atoms with Crippen molar-refractivity contribution < 1.29 is 4.79 Å². The van der Waals surface area contributed by atoms with Crippen LogP contribution in [0.1, 0.15) is 51.0 Å². The van der Waals surface area contributed by atoms with Crippen LogP contribution in [0.25, 0.3) is 5.57 Å². The number of rotatable bonds is 4. The minimum absolute atomic E-state index is 0.255. The zero-order valence-corrected chi connectivity index (χ0v) is 14.2. The summed E-state index contributed by atoms with van der Waals surface area (Å²) in [6.45, 7) is 4.59. The number of nitrogens with one attached hydrogen (secondary N) is 1. The van der Waals surface area contributed by atoms with Crippen LogP contribution in [0.3, 0.4) is 0 Å². The topological polar surface area (TPSA) is 32.3 Å². The third-order valence-corrected chi connectivity index (χ3v) is 5.22. The Hall–Kier alpha value is -1.61. The molecule has 0 unspecified atom stereocenters. The van der Waals surface area contributed by atoms with E-state index in [9.17, 15) is 4.79 Å². The zero-order valence-electron chi connectivity index (χ0n) is 14.2. The van der Waals surface area contributed by atoms with Gasteiger partial charge in [0.2, 0.25) is 0 Å². The molecule has 0 saturated heterocycles. The van der Waals surface area contributed by atoms with Gasteiger partial charge in [-0.15, -0.1) is 0 Å². The van der Waals surface area contributed by atoms with Crippen molar-refractivity contribution in [3.05, 3.63) is 41.5 Å². The lowest BCUT2D eigenvalue weighted by Crippen LogP contribution is -2.44. The van der Waals surface area contributed by atoms with Gasteiger partial charge in [0.15, 0.2) is 0 Å². The second-order valence-corrected chi connectivity index (χ2v) is 6.63. The number of carbonyl (C=O) groups is 1. The normalized spacial score (nSPS) is 19.7. The van der Waals surface area contributed by atoms with Crippen LogP contribution in [0.2, 0.25) is 0 Å². The second-order valence-electron chi connectivity index (χ2n) is 6.63. The monoisotopic (exact) mass is 312 g/mol. The Morgan fingerprint density at radius 3 is 2.61 bits per heavy atom. The van der Waals surface area contributed by atoms with E-state index in [1.165, 1.54) is 43.2 Å². The van der Waals surface area contributed by atoms with Crippen LogP contribution < -0.4 is 5.32 Å². The van der Waals surface area contributed by atoms with Gasteiger partial charge in [-0.2, -0.15) is 0 Å². The number of likely N-dealkylation sites (N-methyl/N-ethyl adjacent to an activating group) is 1. The van der Waals surface area contributed by atoms with Crippen LogP contribution in [-0.4, -0.2) is 36.5 Å². The second kappa shape index (κ2) is 7.78. The zero-order chi connectivity index (χ0) is 16.1. The predicted octanol–water partition coefficient (Wildman–Crippen LogP) is 3.61. The van der Waals surface area contributed by atoms with Gasteiger partial charge < -0.3 is 10.2 Å². The van der Waals surface area contributed by atoms with Crippen LogP contribution in [0.15, 0.2) is 35.9 Å². The van der Waals surface area contributed by atoms with Crippen LogP contribution in [-0.2, 0) is 4.79 Å². The van der Waals surface area contributed by atoms with Crippen LogP contribution >= 0.6 is 0 Å². The molecule has 3 heteroatoms. The summed E-state index contributed by atoms with van der Waals surface area (Å²) < 4.78 is 0. The fraction of sp³-hybridized carbons (Fsp3) is 0.550. The van der Waals surface area contributed by atoms with Crippen molar-refractivity contribution in [1.82, 2.24) is 10.2 Å². The molecule has 23 heavy (non-hydrogen) atoms. The lowest BCUT2D eigenvalue weighted by atomic mass is 9.91. The summed E-state index contributed by atoms with van der Waals surface area (Å²) in [5.74, 6) is 0.255. The fourth-order valence-corrected chi connectivity index (χ4v) is 3.98. The van der Waals surface area contributed by atoms with Crippen LogP contribution in [0.4, 0.5) is 0 Å². The van der Waals surface area contributed by atoms with Crippen molar-refractivity contribution in [3.63, 3.8) is 0 Å². The smallest absolute Gasteiger partial charge is 0.251 e. The summed E-state index contributed by atoms with van der Waals surface area (Å²) in [7, 11) is 0. The van der Waals surface area contributed by atoms with Crippen molar-refractivity contribution in [1.29, 1.82) is 0 Å². The summed E-state index contributed by atoms with van der Waals surface area (Å²) in [6, 6.07) is 10.9. The lowest BCUT2D eigenvalue weighted by Gasteiger charge is -2.35. The van der Waals surface area contributed by atoms with Gasteiger partial charge in [-0.05, 0) is 43.9 Å². The number of hydrogen-bond acceptors (Lipinski definition) is 2. The lowest BCUT2D eigenvalue weighted by molar-refractivity contribution is -0.129. The van der Waals surface area contributed by atoms with E-state index in [-0.39, 0.29) is 5.91 Å². The molecule has 1 N–H and O–H groups in total. The fourth-order valence-electron chi connectivity index (χ4n) is 3.98. The van der Waals surface area contributed by atoms with E-state index in [2.05, 4.69) is 41.4 Å². The Morgan fingerprint density at radius 1 is 1.17 bits per heavy atom. The van der Waals surface area contributed by atoms with E-state index in [4.69, 9.17) is 0 Å². The standard InChI is InChI=1S/C20H28N2O/c1-2-22(17-11-7-4-8-12-17)20(23)19-15-21-14-13-18(19)16-9-5-3-6-10-16/h3,5-6,9-10,17,21H,2,4,7-8,11-15H2,1H3. The molecule has 1 heterocycles. The maximum absolute atomic E-state index is 13.2. The van der Waals surface area contributed by atoms with Gasteiger partial charge in [0.05, 0.1) is 0 Å². The summed E-state index contributed by atoms with van der Waals surface area (Å²) in [6.07, 6.45) is 7.12. The van der Waals surface area contributed by atoms with Crippen LogP contribution in [0.5, 0.6) is 0 Å². The number of amides is 1. The minimum atomic E-state index is 0.255. The summed E-state index contributed by atoms with van der Waals surface area (Å²) in [4.78, 5) is 15.4. The maximum Gasteiger partial charge on any atom is 0.251 e. The number of benzene rings is 1. The molecular weight excluding hydrogens is 284 g/mol. The molecule has 124 valence electrons. The molecule has 3 nitrogen and oxygen atoms in total. The number of hydrogen-bond donors (Lipinski definition) is 1. The number of nitrogens with zero attached hydrogens (tertiary/aromatic N) is 1. The first-order valence-corrected chi connectivity index (χ1v) is 9.10. The highest BCUT2D eigenvalue weighted by molar-refractivity contribution is 6.02. The van der Waals surface area contributed by atoms with Crippen molar-refractivity contribution in [3.8, 4) is 0 Å². The van der Waals surface area contributed by atoms with E-state index in [1.807, 2.05) is 6.07 Å². The molecule has 1 amide bonds. The minimum Gasteiger partial charge on any atom is -0.336 e. The molecule has 1 aliphatic carbocycles. The van der Waals surface area contributed by atoms with Gasteiger partial charge in [-0.3, -0.25) is 4.79 Å². The van der Waals surface area contributed by atoms with Gasteiger partial charge in [-0.1, -0.05) is 49.6 Å². The summed E-state index contributed by atoms with van der Waals surface area (Å²) in [5, 5.41) is 3.39. The average molecular weight is 312 g/mol.